The van der Waals surface area contributed by atoms with E-state index < -0.39 is 5.97 Å². The second kappa shape index (κ2) is 5.25. The molecule has 0 saturated carbocycles. The van der Waals surface area contributed by atoms with Crippen LogP contribution in [-0.4, -0.2) is 19.9 Å². The van der Waals surface area contributed by atoms with Crippen molar-refractivity contribution in [3.8, 4) is 11.5 Å². The third-order valence-electron chi connectivity index (χ3n) is 2.31. The summed E-state index contributed by atoms with van der Waals surface area (Å²) in [4.78, 5) is 10.8. The molecule has 0 spiro atoms. The molecule has 0 atom stereocenters. The van der Waals surface area contributed by atoms with Crippen molar-refractivity contribution in [1.29, 1.82) is 0 Å². The summed E-state index contributed by atoms with van der Waals surface area (Å²) in [6.45, 7) is 0.810. The maximum atomic E-state index is 10.8. The predicted octanol–water partition coefficient (Wildman–Crippen LogP) is 1.19. The number of fused-ring (bicyclic) bond motifs is 1. The van der Waals surface area contributed by atoms with Crippen LogP contribution in [0.3, 0.4) is 0 Å². The first-order valence-corrected chi connectivity index (χ1v) is 5.16. The van der Waals surface area contributed by atoms with Crippen LogP contribution in [0.25, 0.3) is 0 Å². The van der Waals surface area contributed by atoms with Gasteiger partial charge in [0.15, 0.2) is 11.5 Å². The van der Waals surface area contributed by atoms with Crippen LogP contribution in [-0.2, 0) is 16.1 Å². The summed E-state index contributed by atoms with van der Waals surface area (Å²) >= 11 is 0. The molecule has 90 valence electrons. The van der Waals surface area contributed by atoms with Crippen LogP contribution in [0.1, 0.15) is 5.56 Å². The van der Waals surface area contributed by atoms with Gasteiger partial charge in [0.25, 0.3) is 0 Å². The van der Waals surface area contributed by atoms with Gasteiger partial charge in [-0.3, -0.25) is 0 Å². The van der Waals surface area contributed by atoms with Crippen LogP contribution in [0.4, 0.5) is 0 Å². The lowest BCUT2D eigenvalue weighted by atomic mass is 10.2. The number of ether oxygens (including phenoxy) is 3. The number of para-hydroxylation sites is 1. The highest BCUT2D eigenvalue weighted by Crippen LogP contribution is 2.35. The van der Waals surface area contributed by atoms with Crippen molar-refractivity contribution in [3.05, 3.63) is 36.0 Å². The van der Waals surface area contributed by atoms with Gasteiger partial charge in [0, 0.05) is 24.4 Å². The van der Waals surface area contributed by atoms with E-state index >= 15 is 0 Å². The molecule has 1 heterocycles. The molecule has 0 aliphatic carbocycles. The maximum Gasteiger partial charge on any atom is 0.331 e. The molecule has 1 aliphatic heterocycles. The van der Waals surface area contributed by atoms with Crippen LogP contribution in [0, 0.1) is 0 Å². The SMILES string of the molecule is COC(=O)/C=C/NCc1cccc2c1OCO2. The van der Waals surface area contributed by atoms with Crippen LogP contribution in [0.5, 0.6) is 11.5 Å². The molecule has 1 aliphatic rings. The van der Waals surface area contributed by atoms with Crippen molar-refractivity contribution < 1.29 is 19.0 Å². The molecule has 1 N–H and O–H groups in total. The zero-order valence-corrected chi connectivity index (χ0v) is 9.43. The Hall–Kier alpha value is -2.17. The molecule has 17 heavy (non-hydrogen) atoms. The van der Waals surface area contributed by atoms with E-state index in [9.17, 15) is 4.79 Å². The molecule has 1 aromatic carbocycles. The van der Waals surface area contributed by atoms with Crippen LogP contribution in [0.2, 0.25) is 0 Å². The zero-order valence-electron chi connectivity index (χ0n) is 9.43. The Kier molecular flexibility index (Phi) is 3.49. The number of esters is 1. The maximum absolute atomic E-state index is 10.8. The molecule has 0 saturated heterocycles. The minimum absolute atomic E-state index is 0.254. The lowest BCUT2D eigenvalue weighted by Gasteiger charge is -2.05. The Bertz CT molecular complexity index is 442. The van der Waals surface area contributed by atoms with Gasteiger partial charge in [-0.25, -0.2) is 4.79 Å². The smallest absolute Gasteiger partial charge is 0.331 e. The third-order valence-corrected chi connectivity index (χ3v) is 2.31. The van der Waals surface area contributed by atoms with Gasteiger partial charge in [-0.2, -0.15) is 0 Å². The second-order valence-electron chi connectivity index (χ2n) is 3.39. The van der Waals surface area contributed by atoms with E-state index in [1.165, 1.54) is 13.2 Å². The molecule has 0 unspecified atom stereocenters. The van der Waals surface area contributed by atoms with E-state index in [0.717, 1.165) is 17.1 Å². The van der Waals surface area contributed by atoms with Gasteiger partial charge in [-0.1, -0.05) is 12.1 Å². The van der Waals surface area contributed by atoms with E-state index in [0.29, 0.717) is 6.54 Å². The van der Waals surface area contributed by atoms with Crippen LogP contribution >= 0.6 is 0 Å². The standard InChI is InChI=1S/C12H13NO4/c1-15-11(14)5-6-13-7-9-3-2-4-10-12(9)17-8-16-10/h2-6,13H,7-8H2,1H3/b6-5+. The van der Waals surface area contributed by atoms with E-state index in [1.807, 2.05) is 18.2 Å². The average molecular weight is 235 g/mol. The van der Waals surface area contributed by atoms with E-state index in [1.54, 1.807) is 6.20 Å². The predicted molar refractivity (Wildman–Crippen MR) is 60.6 cm³/mol. The van der Waals surface area contributed by atoms with Crippen molar-refractivity contribution in [2.45, 2.75) is 6.54 Å². The molecule has 0 bridgehead atoms. The first kappa shape index (κ1) is 11.3. The molecule has 5 heteroatoms. The second-order valence-corrected chi connectivity index (χ2v) is 3.39. The third kappa shape index (κ3) is 2.69. The molecule has 0 amide bonds. The van der Waals surface area contributed by atoms with Gasteiger partial charge in [0.1, 0.15) is 0 Å². The number of methoxy groups -OCH3 is 1. The summed E-state index contributed by atoms with van der Waals surface area (Å²) in [7, 11) is 1.34. The number of benzene rings is 1. The molecular weight excluding hydrogens is 222 g/mol. The molecule has 5 nitrogen and oxygen atoms in total. The quantitative estimate of drug-likeness (QED) is 0.627. The molecule has 2 rings (SSSR count). The van der Waals surface area contributed by atoms with Gasteiger partial charge < -0.3 is 19.5 Å². The van der Waals surface area contributed by atoms with Gasteiger partial charge in [-0.15, -0.1) is 0 Å². The van der Waals surface area contributed by atoms with Gasteiger partial charge in [0.05, 0.1) is 7.11 Å². The van der Waals surface area contributed by atoms with E-state index in [2.05, 4.69) is 10.1 Å². The van der Waals surface area contributed by atoms with Crippen molar-refractivity contribution in [2.24, 2.45) is 0 Å². The Morgan fingerprint density at radius 3 is 3.24 bits per heavy atom. The Labute approximate surface area is 99.0 Å². The van der Waals surface area contributed by atoms with Gasteiger partial charge in [-0.05, 0) is 6.07 Å². The Morgan fingerprint density at radius 2 is 2.41 bits per heavy atom. The monoisotopic (exact) mass is 235 g/mol. The number of carbonyl (C=O) groups excluding carboxylic acids is 1. The number of carbonyl (C=O) groups is 1. The number of hydrogen-bond acceptors (Lipinski definition) is 5. The molecule has 0 radical (unpaired) electrons. The fraction of sp³-hybridized carbons (Fsp3) is 0.250. The topological polar surface area (TPSA) is 56.8 Å². The first-order valence-electron chi connectivity index (χ1n) is 5.16. The number of hydrogen-bond donors (Lipinski definition) is 1. The summed E-state index contributed by atoms with van der Waals surface area (Å²) in [6.07, 6.45) is 2.86. The molecule has 0 fully saturated rings. The number of rotatable bonds is 4. The fourth-order valence-electron chi connectivity index (χ4n) is 1.49. The van der Waals surface area contributed by atoms with Crippen LogP contribution < -0.4 is 14.8 Å². The summed E-state index contributed by atoms with van der Waals surface area (Å²) in [5.74, 6) is 1.11. The van der Waals surface area contributed by atoms with Gasteiger partial charge >= 0.3 is 5.97 Å². The highest BCUT2D eigenvalue weighted by molar-refractivity contribution is 5.81. The molecule has 1 aromatic rings. The average Bonchev–Trinajstić information content (AvgIpc) is 2.83. The molecule has 0 aromatic heterocycles. The summed E-state index contributed by atoms with van der Waals surface area (Å²) in [5.41, 5.74) is 0.981. The fourth-order valence-corrected chi connectivity index (χ4v) is 1.49. The van der Waals surface area contributed by atoms with Gasteiger partial charge in [0.2, 0.25) is 6.79 Å². The van der Waals surface area contributed by atoms with Crippen LogP contribution in [0.15, 0.2) is 30.5 Å². The minimum atomic E-state index is -0.393. The molecular formula is C12H13NO4. The summed E-state index contributed by atoms with van der Waals surface area (Å²) < 4.78 is 15.1. The summed E-state index contributed by atoms with van der Waals surface area (Å²) in [6, 6.07) is 5.69. The van der Waals surface area contributed by atoms with E-state index in [4.69, 9.17) is 9.47 Å². The van der Waals surface area contributed by atoms with E-state index in [-0.39, 0.29) is 6.79 Å². The normalized spacial score (nSPS) is 12.8. The lowest BCUT2D eigenvalue weighted by molar-refractivity contribution is -0.134. The highest BCUT2D eigenvalue weighted by atomic mass is 16.7. The highest BCUT2D eigenvalue weighted by Gasteiger charge is 2.16. The van der Waals surface area contributed by atoms with Crippen molar-refractivity contribution >= 4 is 5.97 Å². The Balaban J connectivity index is 1.94. The number of nitrogens with one attached hydrogen (secondary N) is 1. The Morgan fingerprint density at radius 1 is 1.53 bits per heavy atom. The van der Waals surface area contributed by atoms with Crippen molar-refractivity contribution in [2.75, 3.05) is 13.9 Å². The largest absolute Gasteiger partial charge is 0.466 e. The lowest BCUT2D eigenvalue weighted by Crippen LogP contribution is -2.07. The zero-order chi connectivity index (χ0) is 12.1. The summed E-state index contributed by atoms with van der Waals surface area (Å²) in [5, 5.41) is 2.98. The first-order chi connectivity index (χ1) is 8.31. The van der Waals surface area contributed by atoms with Crippen molar-refractivity contribution in [3.63, 3.8) is 0 Å². The minimum Gasteiger partial charge on any atom is -0.466 e. The van der Waals surface area contributed by atoms with Crippen molar-refractivity contribution in [1.82, 2.24) is 5.32 Å².